The molecule has 3 heterocycles. The number of aryl methyl sites for hydroxylation is 1. The molecule has 170 valence electrons. The van der Waals surface area contributed by atoms with Crippen LogP contribution in [0.1, 0.15) is 31.4 Å². The van der Waals surface area contributed by atoms with Gasteiger partial charge in [0.15, 0.2) is 5.75 Å². The first-order valence-corrected chi connectivity index (χ1v) is 11.6. The molecule has 1 aliphatic heterocycles. The van der Waals surface area contributed by atoms with Crippen LogP contribution in [0.15, 0.2) is 71.9 Å². The number of nitrogens with zero attached hydrogens (tertiary/aromatic N) is 3. The molecule has 1 atom stereocenters. The van der Waals surface area contributed by atoms with Crippen LogP contribution in [0.3, 0.4) is 0 Å². The molecule has 5 rings (SSSR count). The molecule has 0 amide bonds. The van der Waals surface area contributed by atoms with Crippen molar-refractivity contribution in [2.75, 3.05) is 19.8 Å². The first-order valence-electron chi connectivity index (χ1n) is 11.6. The molecule has 0 N–H and O–H groups in total. The first-order chi connectivity index (χ1) is 16.2. The molecule has 0 saturated carbocycles. The Morgan fingerprint density at radius 2 is 1.88 bits per heavy atom. The highest BCUT2D eigenvalue weighted by Gasteiger charge is 2.28. The largest absolute Gasteiger partial charge is 0.488 e. The Hall–Kier alpha value is -3.38. The molecule has 0 bridgehead atoms. The second kappa shape index (κ2) is 9.24. The second-order valence-corrected chi connectivity index (χ2v) is 8.60. The summed E-state index contributed by atoms with van der Waals surface area (Å²) in [6, 6.07) is 19.0. The van der Waals surface area contributed by atoms with E-state index in [9.17, 15) is 4.79 Å². The van der Waals surface area contributed by atoms with Gasteiger partial charge in [-0.2, -0.15) is 0 Å². The van der Waals surface area contributed by atoms with Gasteiger partial charge in [0.05, 0.1) is 30.0 Å². The lowest BCUT2D eigenvalue weighted by Gasteiger charge is -2.32. The van der Waals surface area contributed by atoms with Crippen molar-refractivity contribution in [3.63, 3.8) is 0 Å². The fraction of sp³-hybridized carbons (Fsp3) is 0.333. The minimum Gasteiger partial charge on any atom is -0.488 e. The molecule has 0 radical (unpaired) electrons. The van der Waals surface area contributed by atoms with Crippen molar-refractivity contribution in [1.29, 1.82) is 0 Å². The number of hydrogen-bond acceptors (Lipinski definition) is 4. The average molecular weight is 444 g/mol. The third-order valence-corrected chi connectivity index (χ3v) is 6.51. The lowest BCUT2D eigenvalue weighted by atomic mass is 9.86. The predicted molar refractivity (Wildman–Crippen MR) is 130 cm³/mol. The van der Waals surface area contributed by atoms with Crippen LogP contribution < -0.4 is 10.3 Å². The molecule has 0 spiro atoms. The number of imidazole rings is 1. The molecular formula is C27H29N3O3. The maximum Gasteiger partial charge on any atom is 0.292 e. The number of rotatable bonds is 6. The normalized spacial score (nSPS) is 15.6. The molecule has 6 nitrogen and oxygen atoms in total. The standard InChI is InChI=1S/C27H29N3O3/c1-3-33-25-16-22(17-29(2)27(25)31)21-9-10-23-24(15-21)30(18-28-23)26(19-7-5-4-6-8-19)20-11-13-32-14-12-20/h4-10,15-18,20,26H,3,11-14H2,1-2H3/t26-/m1/s1. The number of benzene rings is 2. The summed E-state index contributed by atoms with van der Waals surface area (Å²) in [7, 11) is 1.76. The third-order valence-electron chi connectivity index (χ3n) is 6.51. The van der Waals surface area contributed by atoms with E-state index in [4.69, 9.17) is 14.5 Å². The molecule has 33 heavy (non-hydrogen) atoms. The van der Waals surface area contributed by atoms with Crippen LogP contribution in [0.2, 0.25) is 0 Å². The van der Waals surface area contributed by atoms with E-state index in [0.29, 0.717) is 18.3 Å². The molecule has 2 aromatic heterocycles. The van der Waals surface area contributed by atoms with Crippen LogP contribution >= 0.6 is 0 Å². The second-order valence-electron chi connectivity index (χ2n) is 8.60. The van der Waals surface area contributed by atoms with E-state index in [2.05, 4.69) is 53.1 Å². The van der Waals surface area contributed by atoms with Crippen molar-refractivity contribution in [1.82, 2.24) is 14.1 Å². The zero-order chi connectivity index (χ0) is 22.8. The monoisotopic (exact) mass is 443 g/mol. The van der Waals surface area contributed by atoms with E-state index in [0.717, 1.165) is 48.2 Å². The Balaban J connectivity index is 1.63. The predicted octanol–water partition coefficient (Wildman–Crippen LogP) is 4.82. The Morgan fingerprint density at radius 3 is 2.64 bits per heavy atom. The van der Waals surface area contributed by atoms with Crippen LogP contribution in [0.5, 0.6) is 5.75 Å². The van der Waals surface area contributed by atoms with E-state index in [1.54, 1.807) is 11.6 Å². The van der Waals surface area contributed by atoms with Gasteiger partial charge < -0.3 is 18.6 Å². The molecular weight excluding hydrogens is 414 g/mol. The molecule has 6 heteroatoms. The Morgan fingerprint density at radius 1 is 1.09 bits per heavy atom. The highest BCUT2D eigenvalue weighted by Crippen LogP contribution is 2.36. The van der Waals surface area contributed by atoms with Crippen LogP contribution in [0, 0.1) is 5.92 Å². The van der Waals surface area contributed by atoms with Gasteiger partial charge in [-0.1, -0.05) is 36.4 Å². The SMILES string of the molecule is CCOc1cc(-c2ccc3ncn([C@H](c4ccccc4)C4CCOCC4)c3c2)cn(C)c1=O. The van der Waals surface area contributed by atoms with Crippen LogP contribution in [0.4, 0.5) is 0 Å². The van der Waals surface area contributed by atoms with Gasteiger partial charge in [-0.15, -0.1) is 0 Å². The van der Waals surface area contributed by atoms with E-state index in [1.807, 2.05) is 25.5 Å². The smallest absolute Gasteiger partial charge is 0.292 e. The topological polar surface area (TPSA) is 58.3 Å². The summed E-state index contributed by atoms with van der Waals surface area (Å²) in [5.74, 6) is 0.847. The van der Waals surface area contributed by atoms with Gasteiger partial charge in [0.1, 0.15) is 0 Å². The molecule has 1 aliphatic rings. The van der Waals surface area contributed by atoms with Gasteiger partial charge >= 0.3 is 0 Å². The van der Waals surface area contributed by atoms with E-state index < -0.39 is 0 Å². The highest BCUT2D eigenvalue weighted by molar-refractivity contribution is 5.82. The zero-order valence-electron chi connectivity index (χ0n) is 19.1. The van der Waals surface area contributed by atoms with Gasteiger partial charge in [0.2, 0.25) is 0 Å². The first kappa shape index (κ1) is 21.5. The van der Waals surface area contributed by atoms with Crippen molar-refractivity contribution in [2.24, 2.45) is 13.0 Å². The van der Waals surface area contributed by atoms with Gasteiger partial charge in [0.25, 0.3) is 5.56 Å². The maximum absolute atomic E-state index is 12.4. The summed E-state index contributed by atoms with van der Waals surface area (Å²) in [6.07, 6.45) is 5.88. The average Bonchev–Trinajstić information content (AvgIpc) is 3.26. The number of aromatic nitrogens is 3. The van der Waals surface area contributed by atoms with E-state index in [1.165, 1.54) is 5.56 Å². The number of hydrogen-bond donors (Lipinski definition) is 0. The maximum atomic E-state index is 12.4. The molecule has 2 aromatic carbocycles. The highest BCUT2D eigenvalue weighted by atomic mass is 16.5. The van der Waals surface area contributed by atoms with Crippen molar-refractivity contribution in [2.45, 2.75) is 25.8 Å². The van der Waals surface area contributed by atoms with Crippen molar-refractivity contribution in [3.8, 4) is 16.9 Å². The molecule has 4 aromatic rings. The van der Waals surface area contributed by atoms with Gasteiger partial charge in [0, 0.05) is 32.0 Å². The Labute approximate surface area is 193 Å². The van der Waals surface area contributed by atoms with Crippen molar-refractivity contribution < 1.29 is 9.47 Å². The van der Waals surface area contributed by atoms with Crippen LogP contribution in [-0.2, 0) is 11.8 Å². The lowest BCUT2D eigenvalue weighted by molar-refractivity contribution is 0.0547. The number of ether oxygens (including phenoxy) is 2. The van der Waals surface area contributed by atoms with Crippen molar-refractivity contribution in [3.05, 3.63) is 83.0 Å². The summed E-state index contributed by atoms with van der Waals surface area (Å²) < 4.78 is 15.1. The minimum absolute atomic E-state index is 0.129. The van der Waals surface area contributed by atoms with E-state index >= 15 is 0 Å². The fourth-order valence-electron chi connectivity index (χ4n) is 4.87. The quantitative estimate of drug-likeness (QED) is 0.429. The minimum atomic E-state index is -0.129. The molecule has 1 fully saturated rings. The Kier molecular flexibility index (Phi) is 6.01. The molecule has 1 saturated heterocycles. The summed E-state index contributed by atoms with van der Waals surface area (Å²) in [6.45, 7) is 3.93. The lowest BCUT2D eigenvalue weighted by Crippen LogP contribution is -2.26. The zero-order valence-corrected chi connectivity index (χ0v) is 19.1. The fourth-order valence-corrected chi connectivity index (χ4v) is 4.87. The number of fused-ring (bicyclic) bond motifs is 1. The van der Waals surface area contributed by atoms with Gasteiger partial charge in [-0.05, 0) is 55.0 Å². The van der Waals surface area contributed by atoms with Gasteiger partial charge in [-0.3, -0.25) is 4.79 Å². The summed E-state index contributed by atoms with van der Waals surface area (Å²) >= 11 is 0. The molecule has 0 aliphatic carbocycles. The van der Waals surface area contributed by atoms with Crippen LogP contribution in [-0.4, -0.2) is 33.9 Å². The summed E-state index contributed by atoms with van der Waals surface area (Å²) in [5.41, 5.74) is 5.17. The molecule has 0 unspecified atom stereocenters. The summed E-state index contributed by atoms with van der Waals surface area (Å²) in [4.78, 5) is 17.1. The van der Waals surface area contributed by atoms with Gasteiger partial charge in [-0.25, -0.2) is 4.98 Å². The number of pyridine rings is 1. The third kappa shape index (κ3) is 4.18. The summed E-state index contributed by atoms with van der Waals surface area (Å²) in [5, 5.41) is 0. The van der Waals surface area contributed by atoms with E-state index in [-0.39, 0.29) is 11.6 Å². The van der Waals surface area contributed by atoms with Crippen molar-refractivity contribution >= 4 is 11.0 Å². The van der Waals surface area contributed by atoms with Crippen LogP contribution in [0.25, 0.3) is 22.2 Å². The Bertz CT molecular complexity index is 1300.